The van der Waals surface area contributed by atoms with E-state index < -0.39 is 6.17 Å². The molecule has 6 aliphatic heterocycles. The number of hydrogen-bond acceptors (Lipinski definition) is 9. The van der Waals surface area contributed by atoms with Gasteiger partial charge in [-0.15, -0.1) is 0 Å². The van der Waals surface area contributed by atoms with Crippen LogP contribution in [0.3, 0.4) is 0 Å². The van der Waals surface area contributed by atoms with E-state index in [2.05, 4.69) is 44.5 Å². The van der Waals surface area contributed by atoms with Crippen LogP contribution in [-0.4, -0.2) is 86.7 Å². The number of alkyl halides is 1. The first-order valence-electron chi connectivity index (χ1n) is 17.6. The zero-order valence-electron chi connectivity index (χ0n) is 26.7. The van der Waals surface area contributed by atoms with E-state index >= 15 is 4.39 Å². The van der Waals surface area contributed by atoms with Crippen LogP contribution < -0.4 is 20.5 Å². The molecule has 4 saturated heterocycles. The van der Waals surface area contributed by atoms with Crippen molar-refractivity contribution in [1.29, 1.82) is 0 Å². The molecule has 9 heterocycles. The van der Waals surface area contributed by atoms with Crippen molar-refractivity contribution in [1.82, 2.24) is 40.5 Å². The summed E-state index contributed by atoms with van der Waals surface area (Å²) in [6.45, 7) is 7.14. The molecule has 6 unspecified atom stereocenters. The van der Waals surface area contributed by atoms with Crippen molar-refractivity contribution < 1.29 is 13.5 Å². The third-order valence-electron chi connectivity index (χ3n) is 12.4. The molecular formula is C34H45F2N9O. The minimum Gasteiger partial charge on any atom is -0.461 e. The summed E-state index contributed by atoms with van der Waals surface area (Å²) in [7, 11) is 0. The summed E-state index contributed by atoms with van der Waals surface area (Å²) in [5, 5.41) is 5.66. The van der Waals surface area contributed by atoms with Crippen molar-refractivity contribution >= 4 is 16.7 Å². The van der Waals surface area contributed by atoms with E-state index in [0.29, 0.717) is 42.4 Å². The SMILES string of the molecule is CC1CC2NNCC2C2c3ncc4c(nc(OC[C@@]56CCCN5C[C@H](F)C6)nc4c3F)N3CCCC(C3)c3ccn(n3)CCCC12. The molecule has 2 N–H and O–H groups in total. The number of nitrogens with zero attached hydrogens (tertiary/aromatic N) is 7. The molecular weight excluding hydrogens is 588 g/mol. The molecule has 5 fully saturated rings. The molecule has 12 heteroatoms. The van der Waals surface area contributed by atoms with E-state index in [4.69, 9.17) is 24.8 Å². The van der Waals surface area contributed by atoms with Crippen LogP contribution >= 0.6 is 0 Å². The van der Waals surface area contributed by atoms with Crippen LogP contribution in [0.25, 0.3) is 10.9 Å². The number of hydrogen-bond donors (Lipinski definition) is 2. The molecule has 10 rings (SSSR count). The second kappa shape index (κ2) is 11.3. The largest absolute Gasteiger partial charge is 0.461 e. The number of aromatic nitrogens is 5. The van der Waals surface area contributed by atoms with Gasteiger partial charge in [-0.2, -0.15) is 15.1 Å². The number of halogens is 2. The highest BCUT2D eigenvalue weighted by molar-refractivity contribution is 5.90. The van der Waals surface area contributed by atoms with E-state index in [1.807, 2.05) is 6.20 Å². The molecule has 1 aliphatic carbocycles. The number of anilines is 1. The number of hydrazine groups is 1. The zero-order chi connectivity index (χ0) is 31.0. The molecule has 0 aromatic carbocycles. The molecule has 46 heavy (non-hydrogen) atoms. The molecule has 0 radical (unpaired) electrons. The molecule has 8 bridgehead atoms. The van der Waals surface area contributed by atoms with Gasteiger partial charge in [0, 0.05) is 69.4 Å². The highest BCUT2D eigenvalue weighted by Crippen LogP contribution is 2.49. The summed E-state index contributed by atoms with van der Waals surface area (Å²) in [5.74, 6) is 1.46. The Bertz CT molecular complexity index is 1620. The summed E-state index contributed by atoms with van der Waals surface area (Å²) < 4.78 is 40.2. The predicted molar refractivity (Wildman–Crippen MR) is 170 cm³/mol. The Hall–Kier alpha value is -2.96. The number of nitrogens with one attached hydrogen (secondary N) is 2. The average Bonchev–Trinajstić information content (AvgIpc) is 3.85. The Kier molecular flexibility index (Phi) is 7.19. The number of aryl methyl sites for hydroxylation is 1. The summed E-state index contributed by atoms with van der Waals surface area (Å²) in [6, 6.07) is 2.62. The summed E-state index contributed by atoms with van der Waals surface area (Å²) >= 11 is 0. The maximum absolute atomic E-state index is 17.2. The normalized spacial score (nSPS) is 35.9. The summed E-state index contributed by atoms with van der Waals surface area (Å²) in [5.41, 5.74) is 8.41. The van der Waals surface area contributed by atoms with Gasteiger partial charge in [0.1, 0.15) is 24.1 Å². The molecule has 3 aromatic rings. The van der Waals surface area contributed by atoms with Gasteiger partial charge in [0.2, 0.25) is 0 Å². The Balaban J connectivity index is 1.17. The zero-order valence-corrected chi connectivity index (χ0v) is 26.7. The number of pyridine rings is 1. The fraction of sp³-hybridized carbons (Fsp3) is 0.706. The van der Waals surface area contributed by atoms with Crippen molar-refractivity contribution in [2.45, 2.75) is 94.4 Å². The second-order valence-corrected chi connectivity index (χ2v) is 15.0. The lowest BCUT2D eigenvalue weighted by molar-refractivity contribution is 0.107. The number of piperidine rings is 1. The average molecular weight is 634 g/mol. The Morgan fingerprint density at radius 1 is 1.09 bits per heavy atom. The third-order valence-corrected chi connectivity index (χ3v) is 12.4. The molecule has 0 spiro atoms. The van der Waals surface area contributed by atoms with Gasteiger partial charge >= 0.3 is 6.01 Å². The lowest BCUT2D eigenvalue weighted by atomic mass is 9.62. The van der Waals surface area contributed by atoms with E-state index in [1.54, 1.807) is 0 Å². The maximum atomic E-state index is 17.2. The van der Waals surface area contributed by atoms with E-state index in [9.17, 15) is 4.39 Å². The first-order chi connectivity index (χ1) is 22.5. The van der Waals surface area contributed by atoms with Crippen LogP contribution in [-0.2, 0) is 6.54 Å². The topological polar surface area (TPSA) is 96.3 Å². The number of rotatable bonds is 3. The first-order valence-corrected chi connectivity index (χ1v) is 17.6. The quantitative estimate of drug-likeness (QED) is 0.437. The molecule has 8 atom stereocenters. The highest BCUT2D eigenvalue weighted by Gasteiger charge is 2.50. The number of ether oxygens (including phenoxy) is 1. The second-order valence-electron chi connectivity index (χ2n) is 15.0. The van der Waals surface area contributed by atoms with Crippen molar-refractivity contribution in [2.24, 2.45) is 17.8 Å². The van der Waals surface area contributed by atoms with Crippen LogP contribution in [0.4, 0.5) is 14.6 Å². The minimum absolute atomic E-state index is 0.0465. The lowest BCUT2D eigenvalue weighted by Gasteiger charge is -2.43. The van der Waals surface area contributed by atoms with Crippen LogP contribution in [0, 0.1) is 23.6 Å². The van der Waals surface area contributed by atoms with E-state index in [1.165, 1.54) is 0 Å². The van der Waals surface area contributed by atoms with Gasteiger partial charge < -0.3 is 9.64 Å². The summed E-state index contributed by atoms with van der Waals surface area (Å²) in [4.78, 5) is 19.2. The molecule has 0 amide bonds. The molecule has 3 aromatic heterocycles. The molecule has 10 nitrogen and oxygen atoms in total. The van der Waals surface area contributed by atoms with Gasteiger partial charge in [0.05, 0.1) is 22.3 Å². The monoisotopic (exact) mass is 633 g/mol. The lowest BCUT2D eigenvalue weighted by Crippen LogP contribution is -2.44. The first kappa shape index (κ1) is 29.2. The fourth-order valence-electron chi connectivity index (χ4n) is 10.1. The number of fused-ring (bicyclic) bond motifs is 5. The Morgan fingerprint density at radius 3 is 2.93 bits per heavy atom. The van der Waals surface area contributed by atoms with Gasteiger partial charge in [0.25, 0.3) is 0 Å². The highest BCUT2D eigenvalue weighted by atomic mass is 19.1. The standard InChI is InChI=1S/C34H45F2N9O/c1-20-13-27-24(16-38-41-27)28-23(20)6-3-11-45-12-7-26(42-45)21-5-2-9-43(17-21)32-25-15-37-31(28)29(36)30(25)39-33(40-32)46-19-34-8-4-10-44(34)18-22(35)14-34/h7,12,15,20-24,27-28,38,41H,2-6,8-11,13-14,16-19H2,1H3/t20?,21?,22-,23?,24?,27?,28?,34+/m1/s1. The Morgan fingerprint density at radius 2 is 2.00 bits per heavy atom. The van der Waals surface area contributed by atoms with Crippen molar-refractivity contribution in [3.05, 3.63) is 35.7 Å². The van der Waals surface area contributed by atoms with Crippen LogP contribution in [0.2, 0.25) is 0 Å². The van der Waals surface area contributed by atoms with Crippen molar-refractivity contribution in [2.75, 3.05) is 44.2 Å². The van der Waals surface area contributed by atoms with Crippen molar-refractivity contribution in [3.8, 4) is 6.01 Å². The fourth-order valence-corrected chi connectivity index (χ4v) is 10.1. The van der Waals surface area contributed by atoms with Crippen LogP contribution in [0.5, 0.6) is 6.01 Å². The van der Waals surface area contributed by atoms with Gasteiger partial charge in [-0.3, -0.25) is 25.4 Å². The van der Waals surface area contributed by atoms with Gasteiger partial charge in [-0.25, -0.2) is 8.78 Å². The molecule has 246 valence electrons. The minimum atomic E-state index is -0.849. The third kappa shape index (κ3) is 4.80. The summed E-state index contributed by atoms with van der Waals surface area (Å²) in [6.07, 6.45) is 10.5. The van der Waals surface area contributed by atoms with Crippen LogP contribution in [0.1, 0.15) is 81.5 Å². The van der Waals surface area contributed by atoms with E-state index in [-0.39, 0.29) is 52.6 Å². The molecule has 1 saturated carbocycles. The van der Waals surface area contributed by atoms with Crippen LogP contribution in [0.15, 0.2) is 18.5 Å². The van der Waals surface area contributed by atoms with Gasteiger partial charge in [0.15, 0.2) is 5.82 Å². The van der Waals surface area contributed by atoms with Crippen molar-refractivity contribution in [3.63, 3.8) is 0 Å². The maximum Gasteiger partial charge on any atom is 0.319 e. The Labute approximate surface area is 268 Å². The van der Waals surface area contributed by atoms with Gasteiger partial charge in [-0.05, 0) is 75.3 Å². The van der Waals surface area contributed by atoms with Gasteiger partial charge in [-0.1, -0.05) is 6.92 Å². The smallest absolute Gasteiger partial charge is 0.319 e. The van der Waals surface area contributed by atoms with E-state index in [0.717, 1.165) is 83.4 Å². The predicted octanol–water partition coefficient (Wildman–Crippen LogP) is 4.33. The molecule has 7 aliphatic rings.